The molecule has 2 N–H and O–H groups in total. The predicted octanol–water partition coefficient (Wildman–Crippen LogP) is 3.85. The topological polar surface area (TPSA) is 73.9 Å². The molecule has 0 atom stereocenters. The largest absolute Gasteiger partial charge is 0.484 e. The number of ether oxygens (including phenoxy) is 1. The molecule has 1 aliphatic heterocycles. The van der Waals surface area contributed by atoms with Crippen molar-refractivity contribution in [3.05, 3.63) is 90.0 Å². The smallest absolute Gasteiger partial charge is 0.264 e. The highest BCUT2D eigenvalue weighted by Gasteiger charge is 2.23. The van der Waals surface area contributed by atoms with Gasteiger partial charge in [0.1, 0.15) is 5.75 Å². The molecule has 180 valence electrons. The van der Waals surface area contributed by atoms with E-state index >= 15 is 0 Å². The van der Waals surface area contributed by atoms with E-state index in [2.05, 4.69) is 15.5 Å². The van der Waals surface area contributed by atoms with Gasteiger partial charge in [0.15, 0.2) is 11.7 Å². The number of carbonyl (C=O) groups excluding carboxylic acids is 2. The van der Waals surface area contributed by atoms with E-state index in [1.54, 1.807) is 12.1 Å². The van der Waals surface area contributed by atoms with Crippen LogP contribution in [-0.2, 0) is 4.79 Å². The third-order valence-electron chi connectivity index (χ3n) is 5.80. The molecule has 1 heterocycles. The van der Waals surface area contributed by atoms with E-state index in [1.807, 2.05) is 78.6 Å². The first-order valence-electron chi connectivity index (χ1n) is 11.5. The van der Waals surface area contributed by atoms with Crippen LogP contribution < -0.4 is 20.3 Å². The number of carbonyl (C=O) groups is 2. The molecule has 0 radical (unpaired) electrons. The summed E-state index contributed by atoms with van der Waals surface area (Å²) in [5, 5.41) is 5.85. The SMILES string of the molecule is Cc1ccccc1C(=O)N1CCN(c2ccc(NC(=S)NC(=O)COc3ccccc3)cc2)CC1. The molecule has 0 unspecified atom stereocenters. The molecule has 4 rings (SSSR count). The first-order chi connectivity index (χ1) is 17.0. The number of thiocarbonyl (C=S) groups is 1. The average molecular weight is 489 g/mol. The van der Waals surface area contributed by atoms with Gasteiger partial charge in [-0.1, -0.05) is 36.4 Å². The summed E-state index contributed by atoms with van der Waals surface area (Å²) in [7, 11) is 0. The second-order valence-electron chi connectivity index (χ2n) is 8.25. The van der Waals surface area contributed by atoms with Gasteiger partial charge in [0.25, 0.3) is 11.8 Å². The standard InChI is InChI=1S/C27H28N4O3S/c1-20-7-5-6-10-24(20)26(33)31-17-15-30(16-18-31)22-13-11-21(12-14-22)28-27(35)29-25(32)19-34-23-8-3-2-4-9-23/h2-14H,15-19H2,1H3,(H2,28,29,32,35). The number of nitrogens with zero attached hydrogens (tertiary/aromatic N) is 2. The maximum atomic E-state index is 12.8. The van der Waals surface area contributed by atoms with Crippen molar-refractivity contribution in [1.82, 2.24) is 10.2 Å². The Kier molecular flexibility index (Phi) is 7.95. The summed E-state index contributed by atoms with van der Waals surface area (Å²) in [6.45, 7) is 4.72. The highest BCUT2D eigenvalue weighted by molar-refractivity contribution is 7.80. The summed E-state index contributed by atoms with van der Waals surface area (Å²) in [6, 6.07) is 24.7. The molecule has 0 bridgehead atoms. The van der Waals surface area contributed by atoms with Gasteiger partial charge < -0.3 is 19.9 Å². The molecule has 8 heteroatoms. The maximum absolute atomic E-state index is 12.8. The van der Waals surface area contributed by atoms with Crippen molar-refractivity contribution < 1.29 is 14.3 Å². The monoisotopic (exact) mass is 488 g/mol. The molecule has 1 aliphatic rings. The maximum Gasteiger partial charge on any atom is 0.264 e. The van der Waals surface area contributed by atoms with E-state index in [-0.39, 0.29) is 23.5 Å². The van der Waals surface area contributed by atoms with Crippen molar-refractivity contribution >= 4 is 40.5 Å². The Bertz CT molecular complexity index is 1180. The number of anilines is 2. The molecule has 0 aliphatic carbocycles. The van der Waals surface area contributed by atoms with Crippen molar-refractivity contribution in [1.29, 1.82) is 0 Å². The summed E-state index contributed by atoms with van der Waals surface area (Å²) < 4.78 is 5.43. The summed E-state index contributed by atoms with van der Waals surface area (Å²) in [4.78, 5) is 29.1. The summed E-state index contributed by atoms with van der Waals surface area (Å²) >= 11 is 5.24. The van der Waals surface area contributed by atoms with E-state index < -0.39 is 0 Å². The van der Waals surface area contributed by atoms with Crippen LogP contribution in [0.4, 0.5) is 11.4 Å². The van der Waals surface area contributed by atoms with Crippen LogP contribution in [0.3, 0.4) is 0 Å². The zero-order valence-electron chi connectivity index (χ0n) is 19.6. The molecule has 1 saturated heterocycles. The highest BCUT2D eigenvalue weighted by Crippen LogP contribution is 2.21. The van der Waals surface area contributed by atoms with E-state index in [4.69, 9.17) is 17.0 Å². The molecule has 7 nitrogen and oxygen atoms in total. The van der Waals surface area contributed by atoms with Crippen LogP contribution >= 0.6 is 12.2 Å². The molecular weight excluding hydrogens is 460 g/mol. The number of para-hydroxylation sites is 1. The Morgan fingerprint density at radius 1 is 0.886 bits per heavy atom. The fourth-order valence-corrected chi connectivity index (χ4v) is 4.13. The van der Waals surface area contributed by atoms with Gasteiger partial charge in [0.2, 0.25) is 0 Å². The minimum atomic E-state index is -0.332. The van der Waals surface area contributed by atoms with Gasteiger partial charge in [-0.05, 0) is 67.2 Å². The molecule has 2 amide bonds. The Balaban J connectivity index is 1.23. The molecule has 0 spiro atoms. The lowest BCUT2D eigenvalue weighted by molar-refractivity contribution is -0.121. The quantitative estimate of drug-likeness (QED) is 0.514. The van der Waals surface area contributed by atoms with Crippen LogP contribution in [0, 0.1) is 6.92 Å². The van der Waals surface area contributed by atoms with Crippen LogP contribution in [-0.4, -0.2) is 54.6 Å². The van der Waals surface area contributed by atoms with Gasteiger partial charge >= 0.3 is 0 Å². The van der Waals surface area contributed by atoms with Crippen molar-refractivity contribution in [3.63, 3.8) is 0 Å². The van der Waals surface area contributed by atoms with Gasteiger partial charge in [-0.25, -0.2) is 0 Å². The highest BCUT2D eigenvalue weighted by atomic mass is 32.1. The number of aryl methyl sites for hydroxylation is 1. The zero-order valence-corrected chi connectivity index (χ0v) is 20.4. The minimum absolute atomic E-state index is 0.0898. The predicted molar refractivity (Wildman–Crippen MR) is 142 cm³/mol. The lowest BCUT2D eigenvalue weighted by Crippen LogP contribution is -2.48. The van der Waals surface area contributed by atoms with E-state index in [0.29, 0.717) is 18.8 Å². The first kappa shape index (κ1) is 24.2. The average Bonchev–Trinajstić information content (AvgIpc) is 2.88. The Labute approximate surface area is 210 Å². The fraction of sp³-hybridized carbons (Fsp3) is 0.222. The van der Waals surface area contributed by atoms with E-state index in [9.17, 15) is 9.59 Å². The molecular formula is C27H28N4O3S. The lowest BCUT2D eigenvalue weighted by atomic mass is 10.1. The first-order valence-corrected chi connectivity index (χ1v) is 11.9. The zero-order chi connectivity index (χ0) is 24.6. The van der Waals surface area contributed by atoms with Crippen molar-refractivity contribution in [3.8, 4) is 5.75 Å². The molecule has 0 aromatic heterocycles. The van der Waals surface area contributed by atoms with Crippen LogP contribution in [0.5, 0.6) is 5.75 Å². The Morgan fingerprint density at radius 3 is 2.23 bits per heavy atom. The van der Waals surface area contributed by atoms with Gasteiger partial charge in [0.05, 0.1) is 0 Å². The van der Waals surface area contributed by atoms with Gasteiger partial charge in [-0.15, -0.1) is 0 Å². The van der Waals surface area contributed by atoms with Crippen molar-refractivity contribution in [2.24, 2.45) is 0 Å². The Morgan fingerprint density at radius 2 is 1.54 bits per heavy atom. The lowest BCUT2D eigenvalue weighted by Gasteiger charge is -2.36. The van der Waals surface area contributed by atoms with Gasteiger partial charge in [-0.2, -0.15) is 0 Å². The van der Waals surface area contributed by atoms with Crippen LogP contribution in [0.2, 0.25) is 0 Å². The second kappa shape index (κ2) is 11.5. The van der Waals surface area contributed by atoms with Gasteiger partial charge in [-0.3, -0.25) is 14.9 Å². The summed E-state index contributed by atoms with van der Waals surface area (Å²) in [5.41, 5.74) is 3.62. The molecule has 35 heavy (non-hydrogen) atoms. The van der Waals surface area contributed by atoms with Crippen LogP contribution in [0.15, 0.2) is 78.9 Å². The number of hydrogen-bond acceptors (Lipinski definition) is 5. The number of nitrogens with one attached hydrogen (secondary N) is 2. The molecule has 1 fully saturated rings. The molecule has 3 aromatic carbocycles. The normalized spacial score (nSPS) is 13.2. The fourth-order valence-electron chi connectivity index (χ4n) is 3.90. The molecule has 3 aromatic rings. The third-order valence-corrected chi connectivity index (χ3v) is 6.00. The number of rotatable bonds is 6. The summed E-state index contributed by atoms with van der Waals surface area (Å²) in [5.74, 6) is 0.380. The minimum Gasteiger partial charge on any atom is -0.484 e. The van der Waals surface area contributed by atoms with E-state index in [1.165, 1.54) is 0 Å². The summed E-state index contributed by atoms with van der Waals surface area (Å²) in [6.07, 6.45) is 0. The third kappa shape index (κ3) is 6.58. The van der Waals surface area contributed by atoms with Crippen LogP contribution in [0.25, 0.3) is 0 Å². The van der Waals surface area contributed by atoms with Crippen LogP contribution in [0.1, 0.15) is 15.9 Å². The number of hydrogen-bond donors (Lipinski definition) is 2. The van der Waals surface area contributed by atoms with Crippen molar-refractivity contribution in [2.45, 2.75) is 6.92 Å². The number of benzene rings is 3. The van der Waals surface area contributed by atoms with E-state index in [0.717, 1.165) is 35.6 Å². The second-order valence-corrected chi connectivity index (χ2v) is 8.65. The Hall–Kier alpha value is -3.91. The van der Waals surface area contributed by atoms with Gasteiger partial charge in [0, 0.05) is 43.1 Å². The van der Waals surface area contributed by atoms with Crippen molar-refractivity contribution in [2.75, 3.05) is 43.0 Å². The number of piperazine rings is 1. The number of amides is 2. The molecule has 0 saturated carbocycles.